The molecule has 0 unspecified atom stereocenters. The van der Waals surface area contributed by atoms with E-state index in [4.69, 9.17) is 15.0 Å². The van der Waals surface area contributed by atoms with Crippen molar-refractivity contribution in [3.8, 4) is 62.1 Å². The van der Waals surface area contributed by atoms with E-state index in [9.17, 15) is 0 Å². The molecule has 2 heterocycles. The van der Waals surface area contributed by atoms with Crippen LogP contribution in [0.5, 0.6) is 0 Å². The zero-order chi connectivity index (χ0) is 39.6. The number of para-hydroxylation sites is 1. The average molecular weight is 749 g/mol. The standard InChI is InChI=1S/C54H44N4/c1-52(2)41-24-13-10-21-37(41)38-28-27-35(32-44(38)52)51-56-49(33-17-8-7-9-18-33)55-50(57-51)34-19-16-20-36(31-34)58-45-26-15-12-23-40(45)48-46(58)30-29-43-47(48)39-22-11-14-25-42(39)53(3,4)54(43,5)6/h7-32H,1-6H3. The van der Waals surface area contributed by atoms with Crippen molar-refractivity contribution < 1.29 is 0 Å². The normalized spacial score (nSPS) is 15.5. The Morgan fingerprint density at radius 3 is 1.76 bits per heavy atom. The molecule has 0 spiro atoms. The van der Waals surface area contributed by atoms with Crippen molar-refractivity contribution in [3.63, 3.8) is 0 Å². The van der Waals surface area contributed by atoms with Crippen LogP contribution < -0.4 is 0 Å². The van der Waals surface area contributed by atoms with Crippen molar-refractivity contribution in [2.24, 2.45) is 0 Å². The van der Waals surface area contributed by atoms with E-state index in [1.54, 1.807) is 0 Å². The number of hydrogen-bond donors (Lipinski definition) is 0. The number of nitrogens with zero attached hydrogens (tertiary/aromatic N) is 4. The first kappa shape index (κ1) is 34.6. The van der Waals surface area contributed by atoms with Gasteiger partial charge in [-0.15, -0.1) is 0 Å². The molecule has 280 valence electrons. The van der Waals surface area contributed by atoms with Crippen LogP contribution in [0.2, 0.25) is 0 Å². The maximum absolute atomic E-state index is 5.25. The molecule has 0 amide bonds. The first-order chi connectivity index (χ1) is 28.0. The van der Waals surface area contributed by atoms with Gasteiger partial charge in [0.05, 0.1) is 11.0 Å². The quantitative estimate of drug-likeness (QED) is 0.180. The summed E-state index contributed by atoms with van der Waals surface area (Å²) in [6.07, 6.45) is 0. The van der Waals surface area contributed by atoms with Crippen LogP contribution in [-0.2, 0) is 16.2 Å². The van der Waals surface area contributed by atoms with Gasteiger partial charge in [0.2, 0.25) is 0 Å². The Morgan fingerprint density at radius 2 is 0.983 bits per heavy atom. The summed E-state index contributed by atoms with van der Waals surface area (Å²) in [6, 6.07) is 57.0. The molecule has 4 nitrogen and oxygen atoms in total. The molecule has 2 aliphatic carbocycles. The van der Waals surface area contributed by atoms with Gasteiger partial charge in [0.15, 0.2) is 17.5 Å². The van der Waals surface area contributed by atoms with Gasteiger partial charge in [-0.3, -0.25) is 0 Å². The van der Waals surface area contributed by atoms with Crippen LogP contribution in [0.3, 0.4) is 0 Å². The molecule has 0 fully saturated rings. The second-order valence-electron chi connectivity index (χ2n) is 17.7. The lowest BCUT2D eigenvalue weighted by atomic mass is 9.55. The maximum atomic E-state index is 5.25. The largest absolute Gasteiger partial charge is 0.309 e. The molecule has 2 aromatic heterocycles. The van der Waals surface area contributed by atoms with Gasteiger partial charge in [-0.05, 0) is 85.7 Å². The summed E-state index contributed by atoms with van der Waals surface area (Å²) in [4.78, 5) is 15.5. The monoisotopic (exact) mass is 748 g/mol. The topological polar surface area (TPSA) is 43.6 Å². The summed E-state index contributed by atoms with van der Waals surface area (Å²) in [7, 11) is 0. The zero-order valence-electron chi connectivity index (χ0n) is 33.8. The van der Waals surface area contributed by atoms with Crippen molar-refractivity contribution in [2.75, 3.05) is 0 Å². The molecule has 9 aromatic rings. The third-order valence-electron chi connectivity index (χ3n) is 13.8. The van der Waals surface area contributed by atoms with Gasteiger partial charge in [-0.1, -0.05) is 169 Å². The lowest BCUT2D eigenvalue weighted by Gasteiger charge is -2.48. The van der Waals surface area contributed by atoms with Gasteiger partial charge < -0.3 is 4.57 Å². The Morgan fingerprint density at radius 1 is 0.397 bits per heavy atom. The molecule has 2 aliphatic rings. The van der Waals surface area contributed by atoms with Crippen LogP contribution in [0.1, 0.15) is 63.8 Å². The molecule has 7 aromatic carbocycles. The van der Waals surface area contributed by atoms with Gasteiger partial charge in [0.25, 0.3) is 0 Å². The van der Waals surface area contributed by atoms with Crippen molar-refractivity contribution in [3.05, 3.63) is 180 Å². The molecular weight excluding hydrogens is 705 g/mol. The van der Waals surface area contributed by atoms with Gasteiger partial charge in [-0.2, -0.15) is 0 Å². The average Bonchev–Trinajstić information content (AvgIpc) is 3.71. The summed E-state index contributed by atoms with van der Waals surface area (Å²) in [5.74, 6) is 1.96. The summed E-state index contributed by atoms with van der Waals surface area (Å²) < 4.78 is 2.42. The predicted octanol–water partition coefficient (Wildman–Crippen LogP) is 13.5. The van der Waals surface area contributed by atoms with Gasteiger partial charge in [0.1, 0.15) is 0 Å². The Hall–Kier alpha value is -6.65. The predicted molar refractivity (Wildman–Crippen MR) is 240 cm³/mol. The summed E-state index contributed by atoms with van der Waals surface area (Å²) >= 11 is 0. The minimum Gasteiger partial charge on any atom is -0.309 e. The molecule has 0 N–H and O–H groups in total. The molecule has 0 saturated carbocycles. The summed E-state index contributed by atoms with van der Waals surface area (Å²) in [5, 5.41) is 2.55. The Kier molecular flexibility index (Phi) is 7.26. The van der Waals surface area contributed by atoms with Gasteiger partial charge >= 0.3 is 0 Å². The fourth-order valence-corrected chi connectivity index (χ4v) is 10.0. The van der Waals surface area contributed by atoms with Gasteiger partial charge in [-0.25, -0.2) is 15.0 Å². The second-order valence-corrected chi connectivity index (χ2v) is 17.7. The van der Waals surface area contributed by atoms with E-state index < -0.39 is 0 Å². The number of aromatic nitrogens is 4. The van der Waals surface area contributed by atoms with Crippen molar-refractivity contribution in [1.82, 2.24) is 19.5 Å². The van der Waals surface area contributed by atoms with E-state index in [1.165, 1.54) is 66.3 Å². The Bertz CT molecular complexity index is 3150. The van der Waals surface area contributed by atoms with Crippen LogP contribution in [0.4, 0.5) is 0 Å². The lowest BCUT2D eigenvalue weighted by Crippen LogP contribution is -2.43. The first-order valence-electron chi connectivity index (χ1n) is 20.4. The smallest absolute Gasteiger partial charge is 0.164 e. The third-order valence-corrected chi connectivity index (χ3v) is 13.8. The molecule has 0 saturated heterocycles. The molecular formula is C54H44N4. The molecule has 58 heavy (non-hydrogen) atoms. The fourth-order valence-electron chi connectivity index (χ4n) is 10.0. The fraction of sp³-hybridized carbons (Fsp3) is 0.167. The van der Waals surface area contributed by atoms with Crippen molar-refractivity contribution in [2.45, 2.75) is 57.8 Å². The number of rotatable bonds is 4. The molecule has 11 rings (SSSR count). The highest BCUT2D eigenvalue weighted by atomic mass is 15.0. The highest BCUT2D eigenvalue weighted by Crippen LogP contribution is 2.56. The molecule has 0 radical (unpaired) electrons. The Labute approximate surface area is 339 Å². The Balaban J connectivity index is 1.10. The minimum atomic E-state index is -0.135. The van der Waals surface area contributed by atoms with Crippen molar-refractivity contribution >= 4 is 21.8 Å². The number of benzene rings is 7. The minimum absolute atomic E-state index is 0.0417. The van der Waals surface area contributed by atoms with E-state index in [0.717, 1.165) is 22.4 Å². The van der Waals surface area contributed by atoms with Gasteiger partial charge in [0, 0.05) is 38.6 Å². The highest BCUT2D eigenvalue weighted by molar-refractivity contribution is 6.17. The third kappa shape index (κ3) is 4.78. The lowest BCUT2D eigenvalue weighted by molar-refractivity contribution is 0.299. The van der Waals surface area contributed by atoms with Crippen LogP contribution in [-0.4, -0.2) is 19.5 Å². The van der Waals surface area contributed by atoms with E-state index in [1.807, 2.05) is 18.2 Å². The second kappa shape index (κ2) is 12.2. The van der Waals surface area contributed by atoms with E-state index in [-0.39, 0.29) is 16.2 Å². The van der Waals surface area contributed by atoms with E-state index >= 15 is 0 Å². The van der Waals surface area contributed by atoms with E-state index in [2.05, 4.69) is 186 Å². The van der Waals surface area contributed by atoms with Crippen LogP contribution in [0, 0.1) is 0 Å². The molecule has 0 aliphatic heterocycles. The molecule has 4 heteroatoms. The molecule has 0 atom stereocenters. The van der Waals surface area contributed by atoms with E-state index in [0.29, 0.717) is 17.5 Å². The van der Waals surface area contributed by atoms with Crippen LogP contribution in [0.25, 0.3) is 83.9 Å². The SMILES string of the molecule is CC1(C)c2ccccc2-c2ccc(-c3nc(-c4ccccc4)nc(-c4cccc(-n5c6ccccc6c6c7c(ccc65)C(C)(C)C(C)(C)c5ccccc5-7)c4)n3)cc21. The zero-order valence-corrected chi connectivity index (χ0v) is 33.8. The van der Waals surface area contributed by atoms with Crippen LogP contribution >= 0.6 is 0 Å². The first-order valence-corrected chi connectivity index (χ1v) is 20.4. The van der Waals surface area contributed by atoms with Crippen LogP contribution in [0.15, 0.2) is 158 Å². The maximum Gasteiger partial charge on any atom is 0.164 e. The van der Waals surface area contributed by atoms with Crippen molar-refractivity contribution in [1.29, 1.82) is 0 Å². The number of hydrogen-bond acceptors (Lipinski definition) is 3. The highest BCUT2D eigenvalue weighted by Gasteiger charge is 2.46. The molecule has 0 bridgehead atoms. The summed E-state index contributed by atoms with van der Waals surface area (Å²) in [5.41, 5.74) is 16.7. The number of fused-ring (bicyclic) bond motifs is 10. The summed E-state index contributed by atoms with van der Waals surface area (Å²) in [6.45, 7) is 14.2.